The highest BCUT2D eigenvalue weighted by molar-refractivity contribution is 14.0. The molecular weight excluding hydrogens is 498 g/mol. The van der Waals surface area contributed by atoms with E-state index in [-0.39, 0.29) is 35.7 Å². The minimum atomic E-state index is -4.72. The first kappa shape index (κ1) is 22.5. The van der Waals surface area contributed by atoms with Gasteiger partial charge >= 0.3 is 6.36 Å². The first-order chi connectivity index (χ1) is 13.4. The average Bonchev–Trinajstić information content (AvgIpc) is 3.14. The maximum Gasteiger partial charge on any atom is 0.573 e. The van der Waals surface area contributed by atoms with Crippen LogP contribution in [0.3, 0.4) is 0 Å². The monoisotopic (exact) mass is 517 g/mol. The second kappa shape index (κ2) is 10.1. The number of nitrogens with zero attached hydrogens (tertiary/aromatic N) is 3. The second-order valence-corrected chi connectivity index (χ2v) is 5.95. The molecule has 1 heterocycles. The molecule has 3 N–H and O–H groups in total. The van der Waals surface area contributed by atoms with Gasteiger partial charge in [0.25, 0.3) is 0 Å². The van der Waals surface area contributed by atoms with Crippen LogP contribution in [0.25, 0.3) is 0 Å². The molecule has 0 atom stereocenters. The summed E-state index contributed by atoms with van der Waals surface area (Å²) in [7, 11) is 0. The van der Waals surface area contributed by atoms with Crippen LogP contribution in [-0.2, 0) is 13.1 Å². The Hall–Kier alpha value is -2.76. The van der Waals surface area contributed by atoms with Crippen LogP contribution in [0.2, 0.25) is 0 Å². The van der Waals surface area contributed by atoms with Gasteiger partial charge in [0.15, 0.2) is 5.96 Å². The summed E-state index contributed by atoms with van der Waals surface area (Å²) < 4.78 is 42.3. The summed E-state index contributed by atoms with van der Waals surface area (Å²) in [6.07, 6.45) is 0.639. The Morgan fingerprint density at radius 2 is 1.86 bits per heavy atom. The maximum absolute atomic E-state index is 12.2. The van der Waals surface area contributed by atoms with Crippen molar-refractivity contribution in [1.82, 2.24) is 9.55 Å². The number of imidazole rings is 1. The lowest BCUT2D eigenvalue weighted by molar-refractivity contribution is -0.274. The van der Waals surface area contributed by atoms with Crippen molar-refractivity contribution < 1.29 is 17.9 Å². The summed E-state index contributed by atoms with van der Waals surface area (Å²) in [6.45, 7) is 1.07. The van der Waals surface area contributed by atoms with Gasteiger partial charge < -0.3 is 20.4 Å². The molecule has 0 aliphatic rings. The van der Waals surface area contributed by atoms with Crippen LogP contribution in [0.4, 0.5) is 18.9 Å². The molecule has 29 heavy (non-hydrogen) atoms. The van der Waals surface area contributed by atoms with Crippen LogP contribution in [0.5, 0.6) is 5.75 Å². The Morgan fingerprint density at radius 3 is 2.52 bits per heavy atom. The normalized spacial score (nSPS) is 11.6. The summed E-state index contributed by atoms with van der Waals surface area (Å²) >= 11 is 0. The van der Waals surface area contributed by atoms with Crippen LogP contribution in [0, 0.1) is 0 Å². The van der Waals surface area contributed by atoms with Crippen molar-refractivity contribution in [2.24, 2.45) is 10.7 Å². The van der Waals surface area contributed by atoms with Gasteiger partial charge in [-0.2, -0.15) is 0 Å². The number of anilines is 1. The van der Waals surface area contributed by atoms with Gasteiger partial charge in [0.1, 0.15) is 5.75 Å². The molecule has 0 spiro atoms. The lowest BCUT2D eigenvalue weighted by Crippen LogP contribution is -2.22. The first-order valence-electron chi connectivity index (χ1n) is 8.34. The van der Waals surface area contributed by atoms with Crippen LogP contribution in [-0.4, -0.2) is 21.9 Å². The number of hydrogen-bond acceptors (Lipinski definition) is 3. The molecule has 1 aromatic heterocycles. The van der Waals surface area contributed by atoms with E-state index in [1.54, 1.807) is 12.5 Å². The van der Waals surface area contributed by atoms with Gasteiger partial charge in [-0.3, -0.25) is 0 Å². The molecule has 0 fully saturated rings. The Kier molecular flexibility index (Phi) is 7.88. The zero-order valence-electron chi connectivity index (χ0n) is 15.1. The molecule has 0 amide bonds. The zero-order valence-corrected chi connectivity index (χ0v) is 17.5. The second-order valence-electron chi connectivity index (χ2n) is 5.95. The highest BCUT2D eigenvalue weighted by Crippen LogP contribution is 2.23. The zero-order chi connectivity index (χ0) is 20.0. The number of ether oxygens (including phenoxy) is 1. The molecule has 0 saturated carbocycles. The van der Waals surface area contributed by atoms with Crippen LogP contribution >= 0.6 is 24.0 Å². The predicted molar refractivity (Wildman–Crippen MR) is 115 cm³/mol. The van der Waals surface area contributed by atoms with Crippen LogP contribution in [0.1, 0.15) is 11.1 Å². The number of benzene rings is 2. The van der Waals surface area contributed by atoms with Crippen molar-refractivity contribution >= 4 is 35.6 Å². The molecule has 154 valence electrons. The number of nitrogens with two attached hydrogens (primary N) is 1. The van der Waals surface area contributed by atoms with Crippen molar-refractivity contribution in [2.45, 2.75) is 19.5 Å². The molecule has 3 rings (SSSR count). The van der Waals surface area contributed by atoms with Crippen molar-refractivity contribution in [3.63, 3.8) is 0 Å². The fraction of sp³-hybridized carbons (Fsp3) is 0.158. The topological polar surface area (TPSA) is 77.5 Å². The number of rotatable bonds is 6. The van der Waals surface area contributed by atoms with E-state index in [2.05, 4.69) is 20.0 Å². The number of hydrogen-bond donors (Lipinski definition) is 2. The predicted octanol–water partition coefficient (Wildman–Crippen LogP) is 4.37. The Bertz CT molecular complexity index is 928. The molecule has 0 bridgehead atoms. The minimum Gasteiger partial charge on any atom is -0.406 e. The van der Waals surface area contributed by atoms with Crippen molar-refractivity contribution in [2.75, 3.05) is 5.32 Å². The van der Waals surface area contributed by atoms with Gasteiger partial charge in [-0.1, -0.05) is 24.3 Å². The number of halogens is 4. The third-order valence-corrected chi connectivity index (χ3v) is 3.71. The lowest BCUT2D eigenvalue weighted by atomic mass is 10.1. The molecule has 0 aliphatic carbocycles. The molecule has 0 aliphatic heterocycles. The van der Waals surface area contributed by atoms with Gasteiger partial charge in [-0.25, -0.2) is 9.98 Å². The largest absolute Gasteiger partial charge is 0.573 e. The van der Waals surface area contributed by atoms with E-state index in [9.17, 15) is 13.2 Å². The van der Waals surface area contributed by atoms with Gasteiger partial charge in [0.05, 0.1) is 12.9 Å². The number of aromatic nitrogens is 2. The van der Waals surface area contributed by atoms with E-state index >= 15 is 0 Å². The van der Waals surface area contributed by atoms with Crippen molar-refractivity contribution in [1.29, 1.82) is 0 Å². The fourth-order valence-electron chi connectivity index (χ4n) is 2.52. The van der Waals surface area contributed by atoms with E-state index in [1.807, 2.05) is 35.0 Å². The van der Waals surface area contributed by atoms with Crippen molar-refractivity contribution in [3.8, 4) is 5.75 Å². The number of nitrogens with one attached hydrogen (secondary N) is 1. The van der Waals surface area contributed by atoms with Gasteiger partial charge in [-0.05, 0) is 35.4 Å². The summed E-state index contributed by atoms with van der Waals surface area (Å²) in [5.74, 6) is -0.146. The SMILES string of the molecule is I.NC(=NCc1cccc(Cn2ccnc2)c1)Nc1ccc(OC(F)(F)F)cc1. The first-order valence-corrected chi connectivity index (χ1v) is 8.34. The smallest absolute Gasteiger partial charge is 0.406 e. The van der Waals surface area contributed by atoms with E-state index in [0.29, 0.717) is 18.8 Å². The third kappa shape index (κ3) is 7.64. The molecule has 0 radical (unpaired) electrons. The molecule has 0 unspecified atom stereocenters. The number of alkyl halides is 3. The van der Waals surface area contributed by atoms with E-state index < -0.39 is 6.36 Å². The van der Waals surface area contributed by atoms with Gasteiger partial charge in [-0.15, -0.1) is 37.1 Å². The molecule has 2 aromatic carbocycles. The Morgan fingerprint density at radius 1 is 1.14 bits per heavy atom. The maximum atomic E-state index is 12.2. The van der Waals surface area contributed by atoms with Crippen LogP contribution in [0.15, 0.2) is 72.2 Å². The molecule has 0 saturated heterocycles. The van der Waals surface area contributed by atoms with E-state index in [0.717, 1.165) is 11.1 Å². The fourth-order valence-corrected chi connectivity index (χ4v) is 2.52. The van der Waals surface area contributed by atoms with Gasteiger partial charge in [0, 0.05) is 24.6 Å². The number of guanidine groups is 1. The average molecular weight is 517 g/mol. The number of aliphatic imine (C=N–C) groups is 1. The van der Waals surface area contributed by atoms with E-state index in [1.165, 1.54) is 24.3 Å². The molecule has 3 aromatic rings. The van der Waals surface area contributed by atoms with E-state index in [4.69, 9.17) is 5.73 Å². The Balaban J connectivity index is 0.00000300. The van der Waals surface area contributed by atoms with Gasteiger partial charge in [0.2, 0.25) is 0 Å². The molecule has 6 nitrogen and oxygen atoms in total. The van der Waals surface area contributed by atoms with Crippen molar-refractivity contribution in [3.05, 3.63) is 78.4 Å². The summed E-state index contributed by atoms with van der Waals surface area (Å²) in [5.41, 5.74) is 8.45. The van der Waals surface area contributed by atoms with Crippen LogP contribution < -0.4 is 15.8 Å². The summed E-state index contributed by atoms with van der Waals surface area (Å²) in [5, 5.41) is 2.83. The Labute approximate surface area is 182 Å². The molecular formula is C19H19F3IN5O. The summed E-state index contributed by atoms with van der Waals surface area (Å²) in [6, 6.07) is 13.2. The standard InChI is InChI=1S/C19H18F3N5O.HI/c20-19(21,22)28-17-6-4-16(5-7-17)26-18(23)25-11-14-2-1-3-15(10-14)12-27-9-8-24-13-27;/h1-10,13H,11-12H2,(H3,23,25,26);1H. The highest BCUT2D eigenvalue weighted by Gasteiger charge is 2.30. The quantitative estimate of drug-likeness (QED) is 0.289. The third-order valence-electron chi connectivity index (χ3n) is 3.71. The highest BCUT2D eigenvalue weighted by atomic mass is 127. The summed E-state index contributed by atoms with van der Waals surface area (Å²) in [4.78, 5) is 8.28. The molecule has 10 heteroatoms. The lowest BCUT2D eigenvalue weighted by Gasteiger charge is -2.10. The minimum absolute atomic E-state index is 0.